The van der Waals surface area contributed by atoms with E-state index in [0.717, 1.165) is 11.1 Å². The average Bonchev–Trinajstić information content (AvgIpc) is 2.62. The summed E-state index contributed by atoms with van der Waals surface area (Å²) in [5.74, 6) is 0.399. The molecule has 2 aliphatic rings. The Morgan fingerprint density at radius 3 is 2.93 bits per heavy atom. The highest BCUT2D eigenvalue weighted by atomic mass is 16.5. The molecule has 0 aromatic rings. The summed E-state index contributed by atoms with van der Waals surface area (Å²) in [7, 11) is 0. The van der Waals surface area contributed by atoms with Gasteiger partial charge in [-0.05, 0) is 18.6 Å². The molecule has 0 unspecified atom stereocenters. The molecule has 0 saturated carbocycles. The van der Waals surface area contributed by atoms with Crippen LogP contribution < -0.4 is 4.74 Å². The van der Waals surface area contributed by atoms with Crippen molar-refractivity contribution in [3.63, 3.8) is 0 Å². The molecule has 0 N–H and O–H groups in total. The van der Waals surface area contributed by atoms with E-state index in [9.17, 15) is 0 Å². The monoisotopic (exact) mass is 198 g/mol. The largest absolute Gasteiger partial charge is 0.477 e. The van der Waals surface area contributed by atoms with Gasteiger partial charge >= 0.3 is 0 Å². The second-order valence-electron chi connectivity index (χ2n) is 3.10. The standard InChI is InChI=1S/C12H10N2O/c1-2-15-12-11(7-13)6-9-4-3-5-10(9)8-14-12/h3-6,8H,2H2,1H3. The van der Waals surface area contributed by atoms with Crippen LogP contribution in [-0.2, 0) is 0 Å². The maximum atomic E-state index is 8.98. The molecule has 1 aliphatic heterocycles. The summed E-state index contributed by atoms with van der Waals surface area (Å²) < 4.78 is 5.29. The molecular formula is C12H10N2O. The van der Waals surface area contributed by atoms with Crippen molar-refractivity contribution >= 4 is 0 Å². The van der Waals surface area contributed by atoms with Gasteiger partial charge in [0.05, 0.1) is 6.61 Å². The summed E-state index contributed by atoms with van der Waals surface area (Å²) in [6.45, 7) is 2.38. The number of rotatable bonds is 2. The zero-order valence-corrected chi connectivity index (χ0v) is 8.40. The Bertz CT molecular complexity index is 488. The first kappa shape index (κ1) is 9.47. The highest BCUT2D eigenvalue weighted by Gasteiger charge is 2.07. The fourth-order valence-electron chi connectivity index (χ4n) is 1.44. The molecule has 0 bridgehead atoms. The van der Waals surface area contributed by atoms with Gasteiger partial charge in [0.1, 0.15) is 11.6 Å². The van der Waals surface area contributed by atoms with Crippen LogP contribution in [0.15, 0.2) is 30.5 Å². The van der Waals surface area contributed by atoms with Crippen molar-refractivity contribution < 1.29 is 4.74 Å². The lowest BCUT2D eigenvalue weighted by molar-refractivity contribution is 0.326. The summed E-state index contributed by atoms with van der Waals surface area (Å²) in [6, 6.07) is 9.74. The van der Waals surface area contributed by atoms with Crippen LogP contribution >= 0.6 is 0 Å². The van der Waals surface area contributed by atoms with Crippen molar-refractivity contribution in [2.75, 3.05) is 6.61 Å². The fourth-order valence-corrected chi connectivity index (χ4v) is 1.44. The number of hydrogen-bond donors (Lipinski definition) is 0. The van der Waals surface area contributed by atoms with Gasteiger partial charge in [0.25, 0.3) is 0 Å². The maximum absolute atomic E-state index is 8.98. The van der Waals surface area contributed by atoms with E-state index in [1.807, 2.05) is 25.1 Å². The van der Waals surface area contributed by atoms with E-state index in [-0.39, 0.29) is 0 Å². The summed E-state index contributed by atoms with van der Waals surface area (Å²) >= 11 is 0. The van der Waals surface area contributed by atoms with Crippen LogP contribution in [0.5, 0.6) is 5.88 Å². The van der Waals surface area contributed by atoms with Gasteiger partial charge in [-0.1, -0.05) is 18.2 Å². The van der Waals surface area contributed by atoms with Crippen molar-refractivity contribution in [2.45, 2.75) is 6.92 Å². The van der Waals surface area contributed by atoms with E-state index in [2.05, 4.69) is 11.1 Å². The van der Waals surface area contributed by atoms with Gasteiger partial charge in [-0.3, -0.25) is 0 Å². The van der Waals surface area contributed by atoms with Gasteiger partial charge in [0.2, 0.25) is 5.88 Å². The molecule has 1 heterocycles. The summed E-state index contributed by atoms with van der Waals surface area (Å²) in [6.07, 6.45) is 1.72. The molecule has 0 atom stereocenters. The number of nitrogens with zero attached hydrogens (tertiary/aromatic N) is 2. The van der Waals surface area contributed by atoms with Crippen LogP contribution in [0.2, 0.25) is 0 Å². The third kappa shape index (κ3) is 1.75. The molecule has 1 aliphatic carbocycles. The van der Waals surface area contributed by atoms with Gasteiger partial charge < -0.3 is 4.74 Å². The van der Waals surface area contributed by atoms with E-state index < -0.39 is 0 Å². The zero-order valence-electron chi connectivity index (χ0n) is 8.40. The Labute approximate surface area is 88.3 Å². The van der Waals surface area contributed by atoms with Crippen LogP contribution in [0, 0.1) is 11.3 Å². The summed E-state index contributed by atoms with van der Waals surface area (Å²) in [5, 5.41) is 8.98. The third-order valence-corrected chi connectivity index (χ3v) is 2.14. The molecule has 0 aromatic heterocycles. The first-order valence-electron chi connectivity index (χ1n) is 4.77. The average molecular weight is 198 g/mol. The predicted octanol–water partition coefficient (Wildman–Crippen LogP) is 2.46. The van der Waals surface area contributed by atoms with Gasteiger partial charge in [-0.15, -0.1) is 0 Å². The number of fused-ring (bicyclic) bond motifs is 1. The molecule has 0 amide bonds. The summed E-state index contributed by atoms with van der Waals surface area (Å²) in [5.41, 5.74) is 2.49. The Hall–Kier alpha value is -2.08. The van der Waals surface area contributed by atoms with Crippen molar-refractivity contribution in [3.05, 3.63) is 36.0 Å². The quantitative estimate of drug-likeness (QED) is 0.744. The highest BCUT2D eigenvalue weighted by Crippen LogP contribution is 2.25. The molecular weight excluding hydrogens is 188 g/mol. The molecule has 15 heavy (non-hydrogen) atoms. The molecule has 3 heteroatoms. The summed E-state index contributed by atoms with van der Waals surface area (Å²) in [4.78, 5) is 4.16. The van der Waals surface area contributed by atoms with Crippen molar-refractivity contribution in [3.8, 4) is 23.1 Å². The molecule has 0 fully saturated rings. The fraction of sp³-hybridized carbons (Fsp3) is 0.167. The first-order chi connectivity index (χ1) is 7.35. The van der Waals surface area contributed by atoms with Crippen LogP contribution in [0.3, 0.4) is 0 Å². The molecule has 3 nitrogen and oxygen atoms in total. The maximum Gasteiger partial charge on any atom is 0.231 e. The van der Waals surface area contributed by atoms with Gasteiger partial charge in [0.15, 0.2) is 0 Å². The molecule has 74 valence electrons. The second kappa shape index (κ2) is 3.97. The Balaban J connectivity index is 2.61. The lowest BCUT2D eigenvalue weighted by Crippen LogP contribution is -1.94. The van der Waals surface area contributed by atoms with Crippen LogP contribution in [-0.4, -0.2) is 11.6 Å². The van der Waals surface area contributed by atoms with Crippen LogP contribution in [0.4, 0.5) is 0 Å². The Kier molecular flexibility index (Phi) is 2.51. The van der Waals surface area contributed by atoms with Crippen LogP contribution in [0.1, 0.15) is 12.5 Å². The predicted molar refractivity (Wildman–Crippen MR) is 56.7 cm³/mol. The van der Waals surface area contributed by atoms with Gasteiger partial charge in [-0.2, -0.15) is 5.26 Å². The van der Waals surface area contributed by atoms with E-state index in [0.29, 0.717) is 18.1 Å². The minimum atomic E-state index is 0.399. The minimum absolute atomic E-state index is 0.399. The molecule has 0 aromatic carbocycles. The number of hydrogen-bond acceptors (Lipinski definition) is 3. The van der Waals surface area contributed by atoms with Crippen molar-refractivity contribution in [2.24, 2.45) is 0 Å². The van der Waals surface area contributed by atoms with E-state index in [1.165, 1.54) is 0 Å². The molecule has 2 rings (SSSR count). The lowest BCUT2D eigenvalue weighted by atomic mass is 10.2. The van der Waals surface area contributed by atoms with E-state index in [4.69, 9.17) is 10.00 Å². The SMILES string of the molecule is CCOc1ncc2cccc-2cc1C#N. The van der Waals surface area contributed by atoms with Crippen molar-refractivity contribution in [1.82, 2.24) is 4.98 Å². The Morgan fingerprint density at radius 1 is 1.40 bits per heavy atom. The van der Waals surface area contributed by atoms with E-state index in [1.54, 1.807) is 12.3 Å². The zero-order chi connectivity index (χ0) is 10.7. The number of nitriles is 1. The molecule has 0 spiro atoms. The number of ether oxygens (including phenoxy) is 1. The second-order valence-corrected chi connectivity index (χ2v) is 3.10. The Morgan fingerprint density at radius 2 is 2.20 bits per heavy atom. The first-order valence-corrected chi connectivity index (χ1v) is 4.77. The molecule has 0 saturated heterocycles. The topological polar surface area (TPSA) is 45.9 Å². The number of aromatic nitrogens is 1. The van der Waals surface area contributed by atoms with Crippen molar-refractivity contribution in [1.29, 1.82) is 5.26 Å². The van der Waals surface area contributed by atoms with E-state index >= 15 is 0 Å². The van der Waals surface area contributed by atoms with Gasteiger partial charge in [0, 0.05) is 11.8 Å². The van der Waals surface area contributed by atoms with Gasteiger partial charge in [-0.25, -0.2) is 4.98 Å². The highest BCUT2D eigenvalue weighted by molar-refractivity contribution is 5.67. The smallest absolute Gasteiger partial charge is 0.231 e. The third-order valence-electron chi connectivity index (χ3n) is 2.14. The normalized spacial score (nSPS) is 9.87. The molecule has 0 radical (unpaired) electrons. The lowest BCUT2D eigenvalue weighted by Gasteiger charge is -1.98. The van der Waals surface area contributed by atoms with Crippen LogP contribution in [0.25, 0.3) is 11.1 Å². The minimum Gasteiger partial charge on any atom is -0.477 e.